The number of hydrogen-bond donors (Lipinski definition) is 2. The molecule has 0 saturated heterocycles. The minimum atomic E-state index is -0.253. The molecule has 0 saturated carbocycles. The Bertz CT molecular complexity index is 1080. The predicted molar refractivity (Wildman–Crippen MR) is 121 cm³/mol. The summed E-state index contributed by atoms with van der Waals surface area (Å²) in [6, 6.07) is 10.6. The Morgan fingerprint density at radius 1 is 1.10 bits per heavy atom. The summed E-state index contributed by atoms with van der Waals surface area (Å²) >= 11 is 0. The number of rotatable bonds is 4. The van der Waals surface area contributed by atoms with Gasteiger partial charge in [-0.3, -0.25) is 9.59 Å². The van der Waals surface area contributed by atoms with Crippen LogP contribution >= 0.6 is 0 Å². The van der Waals surface area contributed by atoms with Crippen LogP contribution in [0.4, 0.5) is 5.69 Å². The number of nitrogens with zero attached hydrogens (tertiary/aromatic N) is 2. The van der Waals surface area contributed by atoms with Gasteiger partial charge in [0, 0.05) is 49.3 Å². The number of carbonyl (C=O) groups excluding carboxylic acids is 2. The number of fused-ring (bicyclic) bond motifs is 1. The van der Waals surface area contributed by atoms with E-state index in [0.717, 1.165) is 42.1 Å². The number of carbonyl (C=O) groups is 2. The highest BCUT2D eigenvalue weighted by Crippen LogP contribution is 2.41. The Hall–Kier alpha value is -3.45. The molecule has 0 unspecified atom stereocenters. The molecular weight excluding hydrogens is 392 g/mol. The van der Waals surface area contributed by atoms with Crippen molar-refractivity contribution in [1.82, 2.24) is 15.5 Å². The van der Waals surface area contributed by atoms with Gasteiger partial charge in [-0.05, 0) is 54.9 Å². The first-order chi connectivity index (χ1) is 15.0. The molecule has 2 aliphatic heterocycles. The second kappa shape index (κ2) is 8.73. The molecule has 31 heavy (non-hydrogen) atoms. The highest BCUT2D eigenvalue weighted by Gasteiger charge is 2.25. The summed E-state index contributed by atoms with van der Waals surface area (Å²) in [6.07, 6.45) is 3.63. The zero-order valence-corrected chi connectivity index (χ0v) is 18.0. The van der Waals surface area contributed by atoms with Gasteiger partial charge in [0.2, 0.25) is 0 Å². The van der Waals surface area contributed by atoms with Crippen LogP contribution in [-0.2, 0) is 6.42 Å². The van der Waals surface area contributed by atoms with Crippen molar-refractivity contribution in [1.29, 1.82) is 0 Å². The molecule has 2 aliphatic rings. The summed E-state index contributed by atoms with van der Waals surface area (Å²) < 4.78 is 5.54. The van der Waals surface area contributed by atoms with E-state index in [-0.39, 0.29) is 11.8 Å². The van der Waals surface area contributed by atoms with Crippen LogP contribution in [0, 0.1) is 0 Å². The van der Waals surface area contributed by atoms with E-state index in [2.05, 4.69) is 16.7 Å². The Morgan fingerprint density at radius 3 is 2.48 bits per heavy atom. The molecule has 0 bridgehead atoms. The number of methoxy groups -OCH3 is 1. The molecule has 2 aromatic rings. The molecule has 4 rings (SSSR count). The second-order valence-corrected chi connectivity index (χ2v) is 7.79. The Balaban J connectivity index is 1.55. The molecular formula is C24H26N4O3. The van der Waals surface area contributed by atoms with Crippen molar-refractivity contribution in [3.05, 3.63) is 64.7 Å². The van der Waals surface area contributed by atoms with Crippen LogP contribution in [-0.4, -0.2) is 56.8 Å². The molecule has 2 N–H and O–H groups in total. The van der Waals surface area contributed by atoms with Crippen LogP contribution in [0.3, 0.4) is 0 Å². The fraction of sp³-hybridized carbons (Fsp3) is 0.292. The lowest BCUT2D eigenvalue weighted by Crippen LogP contribution is -2.30. The molecule has 2 aromatic carbocycles. The van der Waals surface area contributed by atoms with Crippen LogP contribution < -0.4 is 15.4 Å². The Morgan fingerprint density at radius 2 is 1.84 bits per heavy atom. The average Bonchev–Trinajstić information content (AvgIpc) is 3.22. The number of benzene rings is 2. The lowest BCUT2D eigenvalue weighted by molar-refractivity contribution is 0.0826. The van der Waals surface area contributed by atoms with Crippen molar-refractivity contribution in [2.45, 2.75) is 12.8 Å². The molecule has 0 fully saturated rings. The van der Waals surface area contributed by atoms with E-state index in [1.165, 1.54) is 10.5 Å². The van der Waals surface area contributed by atoms with Gasteiger partial charge in [-0.15, -0.1) is 0 Å². The largest absolute Gasteiger partial charge is 0.496 e. The summed E-state index contributed by atoms with van der Waals surface area (Å²) in [5.74, 6) is 1.01. The Labute approximate surface area is 181 Å². The monoisotopic (exact) mass is 418 g/mol. The van der Waals surface area contributed by atoms with E-state index >= 15 is 0 Å². The lowest BCUT2D eigenvalue weighted by Gasteiger charge is -2.17. The fourth-order valence-corrected chi connectivity index (χ4v) is 3.87. The van der Waals surface area contributed by atoms with Crippen molar-refractivity contribution in [2.75, 3.05) is 34.3 Å². The van der Waals surface area contributed by atoms with Crippen LogP contribution in [0.2, 0.25) is 0 Å². The molecule has 160 valence electrons. The van der Waals surface area contributed by atoms with Crippen LogP contribution in [0.5, 0.6) is 5.75 Å². The minimum absolute atomic E-state index is 0.102. The van der Waals surface area contributed by atoms with E-state index in [9.17, 15) is 9.59 Å². The van der Waals surface area contributed by atoms with E-state index in [1.807, 2.05) is 12.1 Å². The third kappa shape index (κ3) is 4.22. The molecule has 2 heterocycles. The molecule has 0 aromatic heterocycles. The first kappa shape index (κ1) is 20.8. The lowest BCUT2D eigenvalue weighted by atomic mass is 9.95. The van der Waals surface area contributed by atoms with Crippen molar-refractivity contribution >= 4 is 28.9 Å². The standard InChI is InChI=1S/C24H26N4O3/c1-28(2)24(30)17-6-4-16(5-7-17)23(29)27-21-14-19-20(31-3)9-8-18(22(19)26-21)15-10-12-25-13-11-15/h4-10,25H,11-14H2,1-3H3,(H,26,27,29). The second-order valence-electron chi connectivity index (χ2n) is 7.79. The van der Waals surface area contributed by atoms with Gasteiger partial charge in [-0.1, -0.05) is 6.08 Å². The molecule has 7 nitrogen and oxygen atoms in total. The predicted octanol–water partition coefficient (Wildman–Crippen LogP) is 2.79. The summed E-state index contributed by atoms with van der Waals surface area (Å²) in [5, 5.41) is 6.25. The molecule has 0 atom stereocenters. The van der Waals surface area contributed by atoms with E-state index < -0.39 is 0 Å². The highest BCUT2D eigenvalue weighted by atomic mass is 16.5. The highest BCUT2D eigenvalue weighted by molar-refractivity contribution is 6.10. The molecule has 7 heteroatoms. The minimum Gasteiger partial charge on any atom is -0.496 e. The quantitative estimate of drug-likeness (QED) is 0.800. The van der Waals surface area contributed by atoms with Gasteiger partial charge in [0.15, 0.2) is 0 Å². The van der Waals surface area contributed by atoms with Gasteiger partial charge in [0.05, 0.1) is 12.8 Å². The zero-order chi connectivity index (χ0) is 22.0. The fourth-order valence-electron chi connectivity index (χ4n) is 3.87. The summed E-state index contributed by atoms with van der Waals surface area (Å²) in [4.78, 5) is 31.1. The summed E-state index contributed by atoms with van der Waals surface area (Å²) in [7, 11) is 5.04. The van der Waals surface area contributed by atoms with E-state index in [4.69, 9.17) is 9.73 Å². The van der Waals surface area contributed by atoms with Gasteiger partial charge in [0.25, 0.3) is 11.8 Å². The molecule has 2 amide bonds. The maximum Gasteiger partial charge on any atom is 0.256 e. The number of ether oxygens (including phenoxy) is 1. The average molecular weight is 418 g/mol. The van der Waals surface area contributed by atoms with Crippen molar-refractivity contribution in [2.24, 2.45) is 4.99 Å². The SMILES string of the molecule is COc1ccc(C2=CCNCC2)c2c1CC(NC(=O)c1ccc(C(=O)N(C)C)cc1)=N2. The smallest absolute Gasteiger partial charge is 0.256 e. The van der Waals surface area contributed by atoms with Crippen molar-refractivity contribution in [3.8, 4) is 5.75 Å². The van der Waals surface area contributed by atoms with Crippen molar-refractivity contribution in [3.63, 3.8) is 0 Å². The van der Waals surface area contributed by atoms with Crippen LogP contribution in [0.15, 0.2) is 47.5 Å². The van der Waals surface area contributed by atoms with Gasteiger partial charge in [0.1, 0.15) is 11.6 Å². The molecule has 0 radical (unpaired) electrons. The number of nitrogens with one attached hydrogen (secondary N) is 2. The van der Waals surface area contributed by atoms with Gasteiger partial charge in [-0.25, -0.2) is 4.99 Å². The first-order valence-corrected chi connectivity index (χ1v) is 10.3. The third-order valence-electron chi connectivity index (χ3n) is 5.52. The van der Waals surface area contributed by atoms with E-state index in [1.54, 1.807) is 45.5 Å². The van der Waals surface area contributed by atoms with Crippen LogP contribution in [0.1, 0.15) is 38.3 Å². The number of aliphatic imine (C=N–C) groups is 1. The summed E-state index contributed by atoms with van der Waals surface area (Å²) in [5.41, 5.74) is 5.22. The van der Waals surface area contributed by atoms with Gasteiger partial charge < -0.3 is 20.3 Å². The molecule has 0 spiro atoms. The maximum atomic E-state index is 12.8. The zero-order valence-electron chi connectivity index (χ0n) is 18.0. The normalized spacial score (nSPS) is 14.9. The van der Waals surface area contributed by atoms with E-state index in [0.29, 0.717) is 23.4 Å². The number of amidine groups is 1. The maximum absolute atomic E-state index is 12.8. The van der Waals surface area contributed by atoms with Crippen molar-refractivity contribution < 1.29 is 14.3 Å². The topological polar surface area (TPSA) is 83.0 Å². The summed E-state index contributed by atoms with van der Waals surface area (Å²) in [6.45, 7) is 1.78. The van der Waals surface area contributed by atoms with Gasteiger partial charge in [-0.2, -0.15) is 0 Å². The first-order valence-electron chi connectivity index (χ1n) is 10.3. The number of hydrogen-bond acceptors (Lipinski definition) is 5. The van der Waals surface area contributed by atoms with Crippen LogP contribution in [0.25, 0.3) is 5.57 Å². The number of amides is 2. The van der Waals surface area contributed by atoms with Gasteiger partial charge >= 0.3 is 0 Å². The third-order valence-corrected chi connectivity index (χ3v) is 5.52. The molecule has 0 aliphatic carbocycles. The Kier molecular flexibility index (Phi) is 5.86.